The van der Waals surface area contributed by atoms with Crippen LogP contribution in [0, 0.1) is 5.82 Å². The molecule has 2 rings (SSSR count). The average Bonchev–Trinajstić information content (AvgIpc) is 2.32. The van der Waals surface area contributed by atoms with Gasteiger partial charge in [0.2, 0.25) is 0 Å². The van der Waals surface area contributed by atoms with Crippen LogP contribution in [0.15, 0.2) is 40.9 Å². The molecule has 0 fully saturated rings. The van der Waals surface area contributed by atoms with Crippen LogP contribution < -0.4 is 0 Å². The fourth-order valence-electron chi connectivity index (χ4n) is 1.69. The highest BCUT2D eigenvalue weighted by molar-refractivity contribution is 9.10. The normalized spacial score (nSPS) is 10.5. The zero-order valence-electron chi connectivity index (χ0n) is 9.59. The molecular weight excluding hydrogens is 354 g/mol. The first kappa shape index (κ1) is 14.5. The number of hydrogen-bond donors (Lipinski definition) is 0. The number of ketones is 1. The Morgan fingerprint density at radius 1 is 1.16 bits per heavy atom. The molecular formula is C14H8BrCl2FO. The van der Waals surface area contributed by atoms with E-state index >= 15 is 0 Å². The Bertz CT molecular complexity index is 623. The SMILES string of the molecule is O=C(Cc1ccc(Br)cc1Cl)c1c(F)cccc1Cl. The lowest BCUT2D eigenvalue weighted by molar-refractivity contribution is 0.0989. The molecule has 0 unspecified atom stereocenters. The van der Waals surface area contributed by atoms with Gasteiger partial charge < -0.3 is 0 Å². The first-order valence-electron chi connectivity index (χ1n) is 5.40. The van der Waals surface area contributed by atoms with Gasteiger partial charge in [-0.1, -0.05) is 51.3 Å². The van der Waals surface area contributed by atoms with Crippen molar-refractivity contribution in [3.63, 3.8) is 0 Å². The van der Waals surface area contributed by atoms with E-state index in [1.54, 1.807) is 18.2 Å². The zero-order chi connectivity index (χ0) is 14.0. The summed E-state index contributed by atoms with van der Waals surface area (Å²) in [4.78, 5) is 12.1. The summed E-state index contributed by atoms with van der Waals surface area (Å²) >= 11 is 15.2. The second kappa shape index (κ2) is 6.04. The molecule has 0 atom stereocenters. The van der Waals surface area contributed by atoms with Gasteiger partial charge in [0.15, 0.2) is 5.78 Å². The minimum Gasteiger partial charge on any atom is -0.294 e. The number of benzene rings is 2. The molecule has 98 valence electrons. The van der Waals surface area contributed by atoms with E-state index in [1.807, 2.05) is 0 Å². The molecule has 0 spiro atoms. The van der Waals surface area contributed by atoms with E-state index < -0.39 is 11.6 Å². The Morgan fingerprint density at radius 2 is 1.89 bits per heavy atom. The number of Topliss-reactive ketones (excluding diaryl/α,β-unsaturated/α-hetero) is 1. The molecule has 0 aliphatic heterocycles. The van der Waals surface area contributed by atoms with Crippen molar-refractivity contribution in [3.8, 4) is 0 Å². The van der Waals surface area contributed by atoms with Crippen molar-refractivity contribution >= 4 is 44.9 Å². The number of rotatable bonds is 3. The first-order chi connectivity index (χ1) is 8.99. The summed E-state index contributed by atoms with van der Waals surface area (Å²) in [5.41, 5.74) is 0.539. The Hall–Kier alpha value is -0.900. The summed E-state index contributed by atoms with van der Waals surface area (Å²) in [5.74, 6) is -1.02. The quantitative estimate of drug-likeness (QED) is 0.676. The van der Waals surface area contributed by atoms with Crippen LogP contribution in [0.1, 0.15) is 15.9 Å². The van der Waals surface area contributed by atoms with E-state index in [0.29, 0.717) is 10.6 Å². The van der Waals surface area contributed by atoms with Crippen molar-refractivity contribution in [1.29, 1.82) is 0 Å². The molecule has 0 radical (unpaired) electrons. The minimum atomic E-state index is -0.620. The first-order valence-corrected chi connectivity index (χ1v) is 6.95. The third-order valence-corrected chi connectivity index (χ3v) is 3.77. The largest absolute Gasteiger partial charge is 0.294 e. The van der Waals surface area contributed by atoms with Gasteiger partial charge in [-0.05, 0) is 29.8 Å². The Labute approximate surface area is 128 Å². The smallest absolute Gasteiger partial charge is 0.171 e. The highest BCUT2D eigenvalue weighted by atomic mass is 79.9. The molecule has 0 N–H and O–H groups in total. The van der Waals surface area contributed by atoms with Crippen LogP contribution >= 0.6 is 39.1 Å². The van der Waals surface area contributed by atoms with Gasteiger partial charge in [-0.3, -0.25) is 4.79 Å². The fourth-order valence-corrected chi connectivity index (χ4v) is 2.70. The maximum atomic E-state index is 13.6. The summed E-state index contributed by atoms with van der Waals surface area (Å²) in [6, 6.07) is 9.34. The summed E-state index contributed by atoms with van der Waals surface area (Å²) in [5, 5.41) is 0.563. The molecule has 19 heavy (non-hydrogen) atoms. The van der Waals surface area contributed by atoms with Crippen LogP contribution in [0.4, 0.5) is 4.39 Å². The second-order valence-corrected chi connectivity index (χ2v) is 5.66. The molecule has 0 saturated heterocycles. The van der Waals surface area contributed by atoms with E-state index in [2.05, 4.69) is 15.9 Å². The second-order valence-electron chi connectivity index (χ2n) is 3.93. The monoisotopic (exact) mass is 360 g/mol. The summed E-state index contributed by atoms with van der Waals surface area (Å²) in [6.45, 7) is 0. The maximum Gasteiger partial charge on any atom is 0.171 e. The van der Waals surface area contributed by atoms with E-state index in [4.69, 9.17) is 23.2 Å². The topological polar surface area (TPSA) is 17.1 Å². The van der Waals surface area contributed by atoms with Gasteiger partial charge in [0.1, 0.15) is 5.82 Å². The summed E-state index contributed by atoms with van der Waals surface area (Å²) in [7, 11) is 0. The van der Waals surface area contributed by atoms with Crippen LogP contribution in [0.3, 0.4) is 0 Å². The highest BCUT2D eigenvalue weighted by Crippen LogP contribution is 2.25. The van der Waals surface area contributed by atoms with Gasteiger partial charge in [0, 0.05) is 15.9 Å². The van der Waals surface area contributed by atoms with E-state index in [1.165, 1.54) is 18.2 Å². The summed E-state index contributed by atoms with van der Waals surface area (Å²) in [6.07, 6.45) is 0.00671. The predicted molar refractivity (Wildman–Crippen MR) is 78.6 cm³/mol. The minimum absolute atomic E-state index is 0.00671. The van der Waals surface area contributed by atoms with Crippen LogP contribution in [-0.2, 0) is 6.42 Å². The Balaban J connectivity index is 2.31. The molecule has 0 amide bonds. The van der Waals surface area contributed by atoms with Gasteiger partial charge in [-0.25, -0.2) is 4.39 Å². The molecule has 0 bridgehead atoms. The van der Waals surface area contributed by atoms with Gasteiger partial charge >= 0.3 is 0 Å². The number of carbonyl (C=O) groups is 1. The van der Waals surface area contributed by atoms with Gasteiger partial charge in [0.25, 0.3) is 0 Å². The van der Waals surface area contributed by atoms with Gasteiger partial charge in [-0.2, -0.15) is 0 Å². The number of carbonyl (C=O) groups excluding carboxylic acids is 1. The van der Waals surface area contributed by atoms with Gasteiger partial charge in [0.05, 0.1) is 10.6 Å². The average molecular weight is 362 g/mol. The third kappa shape index (κ3) is 3.35. The molecule has 5 heteroatoms. The molecule has 0 aliphatic carbocycles. The molecule has 0 aromatic heterocycles. The molecule has 1 nitrogen and oxygen atoms in total. The van der Waals surface area contributed by atoms with Crippen molar-refractivity contribution in [3.05, 3.63) is 67.9 Å². The third-order valence-electron chi connectivity index (χ3n) is 2.61. The van der Waals surface area contributed by atoms with E-state index in [0.717, 1.165) is 4.47 Å². The van der Waals surface area contributed by atoms with Crippen molar-refractivity contribution in [2.45, 2.75) is 6.42 Å². The standard InChI is InChI=1S/C14H8BrCl2FO/c15-9-5-4-8(11(17)7-9)6-13(19)14-10(16)2-1-3-12(14)18/h1-5,7H,6H2. The maximum absolute atomic E-state index is 13.6. The van der Waals surface area contributed by atoms with Crippen LogP contribution in [0.5, 0.6) is 0 Å². The van der Waals surface area contributed by atoms with Gasteiger partial charge in [-0.15, -0.1) is 0 Å². The number of halogens is 4. The fraction of sp³-hybridized carbons (Fsp3) is 0.0714. The lowest BCUT2D eigenvalue weighted by Crippen LogP contribution is -2.07. The van der Waals surface area contributed by atoms with Crippen LogP contribution in [0.25, 0.3) is 0 Å². The molecule has 0 aliphatic rings. The van der Waals surface area contributed by atoms with Crippen LogP contribution in [-0.4, -0.2) is 5.78 Å². The molecule has 0 heterocycles. The van der Waals surface area contributed by atoms with E-state index in [-0.39, 0.29) is 17.0 Å². The lowest BCUT2D eigenvalue weighted by Gasteiger charge is -2.07. The van der Waals surface area contributed by atoms with Crippen molar-refractivity contribution < 1.29 is 9.18 Å². The Kier molecular flexibility index (Phi) is 4.61. The lowest BCUT2D eigenvalue weighted by atomic mass is 10.0. The molecule has 0 saturated carbocycles. The number of hydrogen-bond acceptors (Lipinski definition) is 1. The highest BCUT2D eigenvalue weighted by Gasteiger charge is 2.17. The zero-order valence-corrected chi connectivity index (χ0v) is 12.7. The Morgan fingerprint density at radius 3 is 2.53 bits per heavy atom. The molecule has 2 aromatic carbocycles. The predicted octanol–water partition coefficient (Wildman–Crippen LogP) is 5.32. The summed E-state index contributed by atoms with van der Waals surface area (Å²) < 4.78 is 14.4. The van der Waals surface area contributed by atoms with Crippen molar-refractivity contribution in [2.24, 2.45) is 0 Å². The van der Waals surface area contributed by atoms with Crippen molar-refractivity contribution in [1.82, 2.24) is 0 Å². The van der Waals surface area contributed by atoms with Crippen LogP contribution in [0.2, 0.25) is 10.0 Å². The molecule has 2 aromatic rings. The van der Waals surface area contributed by atoms with E-state index in [9.17, 15) is 9.18 Å². The van der Waals surface area contributed by atoms with Crippen molar-refractivity contribution in [2.75, 3.05) is 0 Å².